The van der Waals surface area contributed by atoms with Gasteiger partial charge in [0.15, 0.2) is 0 Å². The monoisotopic (exact) mass is 437 g/mol. The number of amides is 2. The zero-order valence-corrected chi connectivity index (χ0v) is 17.7. The Morgan fingerprint density at radius 1 is 0.848 bits per heavy atom. The molecule has 1 N–H and O–H groups in total. The highest BCUT2D eigenvalue weighted by atomic mass is 16.4. The van der Waals surface area contributed by atoms with Crippen molar-refractivity contribution in [2.75, 3.05) is 4.90 Å². The molecule has 4 aliphatic rings. The van der Waals surface area contributed by atoms with Crippen LogP contribution in [0.2, 0.25) is 0 Å². The zero-order valence-electron chi connectivity index (χ0n) is 17.7. The summed E-state index contributed by atoms with van der Waals surface area (Å²) in [6, 6.07) is 21.0. The van der Waals surface area contributed by atoms with Crippen molar-refractivity contribution >= 4 is 29.3 Å². The number of nitrogens with zero attached hydrogens (tertiary/aromatic N) is 1. The van der Waals surface area contributed by atoms with Crippen LogP contribution in [0.5, 0.6) is 0 Å². The molecule has 0 spiro atoms. The van der Waals surface area contributed by atoms with Crippen LogP contribution >= 0.6 is 0 Å². The summed E-state index contributed by atoms with van der Waals surface area (Å²) in [6.45, 7) is 1.49. The Labute approximate surface area is 189 Å². The van der Waals surface area contributed by atoms with Gasteiger partial charge in [0.05, 0.1) is 28.5 Å². The van der Waals surface area contributed by atoms with Crippen LogP contribution in [0.1, 0.15) is 45.5 Å². The molecule has 1 fully saturated rings. The van der Waals surface area contributed by atoms with Crippen LogP contribution in [0.25, 0.3) is 0 Å². The van der Waals surface area contributed by atoms with E-state index in [4.69, 9.17) is 0 Å². The minimum absolute atomic E-state index is 0.0150. The molecular formula is C27H19NO5. The molecule has 33 heavy (non-hydrogen) atoms. The largest absolute Gasteiger partial charge is 0.478 e. The van der Waals surface area contributed by atoms with Crippen LogP contribution < -0.4 is 4.90 Å². The van der Waals surface area contributed by atoms with Gasteiger partial charge in [-0.25, -0.2) is 9.69 Å². The number of rotatable bonds is 3. The Balaban J connectivity index is 1.64. The number of aromatic carboxylic acids is 1. The smallest absolute Gasteiger partial charge is 0.335 e. The lowest BCUT2D eigenvalue weighted by Crippen LogP contribution is -2.57. The van der Waals surface area contributed by atoms with Crippen LogP contribution in [0.15, 0.2) is 72.8 Å². The Hall–Kier alpha value is -4.06. The van der Waals surface area contributed by atoms with Gasteiger partial charge in [-0.2, -0.15) is 0 Å². The molecule has 162 valence electrons. The van der Waals surface area contributed by atoms with Gasteiger partial charge >= 0.3 is 5.97 Å². The summed E-state index contributed by atoms with van der Waals surface area (Å²) in [6.07, 6.45) is 0. The van der Waals surface area contributed by atoms with E-state index in [1.54, 1.807) is 6.07 Å². The van der Waals surface area contributed by atoms with E-state index >= 15 is 0 Å². The molecule has 3 aliphatic carbocycles. The molecule has 2 amide bonds. The maximum absolute atomic E-state index is 14.0. The fraction of sp³-hybridized carbons (Fsp3) is 0.185. The van der Waals surface area contributed by atoms with Gasteiger partial charge in [-0.05, 0) is 47.4 Å². The van der Waals surface area contributed by atoms with Crippen LogP contribution in [-0.2, 0) is 19.8 Å². The molecule has 6 nitrogen and oxygen atoms in total. The van der Waals surface area contributed by atoms with E-state index in [2.05, 4.69) is 0 Å². The molecule has 0 unspecified atom stereocenters. The van der Waals surface area contributed by atoms with Crippen molar-refractivity contribution in [2.24, 2.45) is 11.8 Å². The zero-order chi connectivity index (χ0) is 23.1. The first-order valence-corrected chi connectivity index (χ1v) is 10.8. The summed E-state index contributed by atoms with van der Waals surface area (Å²) in [5.74, 6) is -4.16. The standard InChI is InChI=1S/C27H19NO5/c1-14(29)27-19-11-4-2-9-17(19)21(18-10-3-5-12-20(18)27)22-23(27)25(31)28(24(22)30)16-8-6-7-15(13-16)26(32)33/h2-13,21-23H,1H3,(H,32,33)/t21?,22-,23-,27?/m1/s1. The van der Waals surface area contributed by atoms with Gasteiger partial charge in [0.1, 0.15) is 5.78 Å². The first-order valence-electron chi connectivity index (χ1n) is 10.8. The van der Waals surface area contributed by atoms with Crippen LogP contribution in [-0.4, -0.2) is 28.7 Å². The third-order valence-electron chi connectivity index (χ3n) is 7.52. The third kappa shape index (κ3) is 2.22. The average Bonchev–Trinajstić information content (AvgIpc) is 3.09. The van der Waals surface area contributed by atoms with Crippen molar-refractivity contribution in [1.82, 2.24) is 0 Å². The lowest BCUT2D eigenvalue weighted by Gasteiger charge is -2.52. The Morgan fingerprint density at radius 2 is 1.45 bits per heavy atom. The second-order valence-electron chi connectivity index (χ2n) is 8.89. The lowest BCUT2D eigenvalue weighted by molar-refractivity contribution is -0.132. The molecule has 3 aromatic rings. The number of carboxylic acid groups (broad SMARTS) is 1. The van der Waals surface area contributed by atoms with E-state index in [0.717, 1.165) is 27.2 Å². The summed E-state index contributed by atoms with van der Waals surface area (Å²) in [4.78, 5) is 53.9. The van der Waals surface area contributed by atoms with Crippen molar-refractivity contribution in [3.05, 3.63) is 101 Å². The molecular weight excluding hydrogens is 418 g/mol. The van der Waals surface area contributed by atoms with E-state index in [1.165, 1.54) is 25.1 Å². The van der Waals surface area contributed by atoms with E-state index < -0.39 is 35.0 Å². The van der Waals surface area contributed by atoms with Crippen molar-refractivity contribution < 1.29 is 24.3 Å². The summed E-state index contributed by atoms with van der Waals surface area (Å²) in [5, 5.41) is 9.40. The Morgan fingerprint density at radius 3 is 2.03 bits per heavy atom. The van der Waals surface area contributed by atoms with Crippen molar-refractivity contribution in [3.63, 3.8) is 0 Å². The first kappa shape index (κ1) is 19.6. The van der Waals surface area contributed by atoms with Gasteiger partial charge in [-0.3, -0.25) is 14.4 Å². The van der Waals surface area contributed by atoms with E-state index in [9.17, 15) is 24.3 Å². The molecule has 2 atom stereocenters. The van der Waals surface area contributed by atoms with Gasteiger partial charge in [0, 0.05) is 5.92 Å². The first-order chi connectivity index (χ1) is 15.9. The SMILES string of the molecule is CC(=O)C12c3ccccc3C(c3ccccc31)[C@H]1C(=O)N(c3cccc(C(=O)O)c3)C(=O)[C@@H]12. The van der Waals surface area contributed by atoms with Gasteiger partial charge in [0.2, 0.25) is 11.8 Å². The number of carbonyl (C=O) groups is 4. The number of Topliss-reactive ketones (excluding diaryl/α,β-unsaturated/α-hetero) is 1. The maximum atomic E-state index is 14.0. The number of imide groups is 1. The minimum atomic E-state index is -1.27. The van der Waals surface area contributed by atoms with Crippen molar-refractivity contribution in [2.45, 2.75) is 18.3 Å². The van der Waals surface area contributed by atoms with Gasteiger partial charge in [-0.1, -0.05) is 54.6 Å². The van der Waals surface area contributed by atoms with E-state index in [-0.39, 0.29) is 23.0 Å². The van der Waals surface area contributed by atoms with Crippen molar-refractivity contribution in [3.8, 4) is 0 Å². The normalized spacial score (nSPS) is 26.6. The summed E-state index contributed by atoms with van der Waals surface area (Å²) >= 11 is 0. The number of carbonyl (C=O) groups excluding carboxylic acids is 3. The third-order valence-corrected chi connectivity index (χ3v) is 7.52. The number of ketones is 1. The second-order valence-corrected chi connectivity index (χ2v) is 8.89. The lowest BCUT2D eigenvalue weighted by atomic mass is 9.46. The number of carboxylic acids is 1. The number of hydrogen-bond donors (Lipinski definition) is 1. The topological polar surface area (TPSA) is 91.8 Å². The summed E-state index contributed by atoms with van der Waals surface area (Å²) in [7, 11) is 0. The molecule has 0 saturated carbocycles. The highest BCUT2D eigenvalue weighted by Crippen LogP contribution is 2.64. The summed E-state index contributed by atoms with van der Waals surface area (Å²) < 4.78 is 0. The molecule has 3 aromatic carbocycles. The van der Waals surface area contributed by atoms with Gasteiger partial charge in [0.25, 0.3) is 0 Å². The molecule has 0 radical (unpaired) electrons. The van der Waals surface area contributed by atoms with Gasteiger partial charge < -0.3 is 5.11 Å². The molecule has 1 heterocycles. The number of hydrogen-bond acceptors (Lipinski definition) is 4. The summed E-state index contributed by atoms with van der Waals surface area (Å²) in [5.41, 5.74) is 2.29. The Kier molecular flexibility index (Phi) is 3.85. The van der Waals surface area contributed by atoms with Crippen molar-refractivity contribution in [1.29, 1.82) is 0 Å². The van der Waals surface area contributed by atoms with Crippen LogP contribution in [0.4, 0.5) is 5.69 Å². The highest BCUT2D eigenvalue weighted by Gasteiger charge is 2.69. The molecule has 0 aromatic heterocycles. The molecule has 1 aliphatic heterocycles. The van der Waals surface area contributed by atoms with Gasteiger partial charge in [-0.15, -0.1) is 0 Å². The predicted molar refractivity (Wildman–Crippen MR) is 119 cm³/mol. The minimum Gasteiger partial charge on any atom is -0.478 e. The van der Waals surface area contributed by atoms with E-state index in [0.29, 0.717) is 0 Å². The molecule has 7 rings (SSSR count). The maximum Gasteiger partial charge on any atom is 0.335 e. The number of benzene rings is 3. The highest BCUT2D eigenvalue weighted by molar-refractivity contribution is 6.25. The average molecular weight is 437 g/mol. The van der Waals surface area contributed by atoms with Crippen LogP contribution in [0.3, 0.4) is 0 Å². The van der Waals surface area contributed by atoms with Crippen LogP contribution in [0, 0.1) is 11.8 Å². The quantitative estimate of drug-likeness (QED) is 0.633. The fourth-order valence-electron chi connectivity index (χ4n) is 6.40. The predicted octanol–water partition coefficient (Wildman–Crippen LogP) is 3.52. The molecule has 1 saturated heterocycles. The number of anilines is 1. The molecule has 6 heteroatoms. The second kappa shape index (κ2) is 6.48. The Bertz CT molecular complexity index is 1360. The fourth-order valence-corrected chi connectivity index (χ4v) is 6.40. The molecule has 2 bridgehead atoms. The van der Waals surface area contributed by atoms with E-state index in [1.807, 2.05) is 48.5 Å².